The summed E-state index contributed by atoms with van der Waals surface area (Å²) >= 11 is 3.39. The van der Waals surface area contributed by atoms with Gasteiger partial charge in [0, 0.05) is 11.1 Å². The van der Waals surface area contributed by atoms with Crippen LogP contribution in [-0.2, 0) is 0 Å². The van der Waals surface area contributed by atoms with Crippen molar-refractivity contribution in [3.63, 3.8) is 0 Å². The lowest BCUT2D eigenvalue weighted by Gasteiger charge is -2.27. The van der Waals surface area contributed by atoms with Crippen molar-refractivity contribution in [2.24, 2.45) is 0 Å². The number of ether oxygens (including phenoxy) is 1. The van der Waals surface area contributed by atoms with Crippen LogP contribution in [0.25, 0.3) is 0 Å². The van der Waals surface area contributed by atoms with E-state index in [0.717, 1.165) is 16.3 Å². The number of aliphatic hydroxyl groups excluding tert-OH is 1. The first-order chi connectivity index (χ1) is 16.2. The minimum Gasteiger partial charge on any atom is -0.497 e. The van der Waals surface area contributed by atoms with Gasteiger partial charge in [0.15, 0.2) is 0 Å². The van der Waals surface area contributed by atoms with Crippen LogP contribution in [0.1, 0.15) is 87.7 Å². The number of nitrogens with zero attached hydrogens (tertiary/aromatic N) is 1. The largest absolute Gasteiger partial charge is 0.497 e. The Kier molecular flexibility index (Phi) is 9.52. The zero-order valence-corrected chi connectivity index (χ0v) is 22.9. The summed E-state index contributed by atoms with van der Waals surface area (Å²) < 4.78 is 5.15. The number of aliphatic hydroxyl groups is 1. The Morgan fingerprint density at radius 3 is 1.85 bits per heavy atom. The summed E-state index contributed by atoms with van der Waals surface area (Å²) in [6, 6.07) is 18.4. The fourth-order valence-corrected chi connectivity index (χ4v) is 6.75. The Morgan fingerprint density at radius 1 is 0.765 bits per heavy atom. The van der Waals surface area contributed by atoms with E-state index in [4.69, 9.17) is 4.74 Å². The molecule has 1 heterocycles. The molecule has 0 aliphatic heterocycles. The highest BCUT2D eigenvalue weighted by atomic mass is 32.2. The van der Waals surface area contributed by atoms with E-state index in [2.05, 4.69) is 58.7 Å². The van der Waals surface area contributed by atoms with Gasteiger partial charge in [-0.2, -0.15) is 0 Å². The van der Waals surface area contributed by atoms with Gasteiger partial charge in [-0.05, 0) is 64.3 Å². The summed E-state index contributed by atoms with van der Waals surface area (Å²) in [5.74, 6) is 2.03. The lowest BCUT2D eigenvalue weighted by molar-refractivity contribution is 0.196. The summed E-state index contributed by atoms with van der Waals surface area (Å²) in [4.78, 5) is 5.82. The first-order valence-electron chi connectivity index (χ1n) is 11.9. The third-order valence-electron chi connectivity index (χ3n) is 5.90. The molecule has 2 atom stereocenters. The summed E-state index contributed by atoms with van der Waals surface area (Å²) in [6.07, 6.45) is 1.13. The van der Waals surface area contributed by atoms with Gasteiger partial charge in [-0.3, -0.25) is 0 Å². The van der Waals surface area contributed by atoms with Crippen molar-refractivity contribution in [2.75, 3.05) is 7.11 Å². The third kappa shape index (κ3) is 6.59. The predicted molar refractivity (Wildman–Crippen MR) is 146 cm³/mol. The quantitative estimate of drug-likeness (QED) is 0.226. The number of methoxy groups -OCH3 is 1. The molecule has 0 saturated carbocycles. The van der Waals surface area contributed by atoms with E-state index >= 15 is 0 Å². The number of thioether (sulfide) groups is 2. The topological polar surface area (TPSA) is 42.4 Å². The maximum absolute atomic E-state index is 11.6. The van der Waals surface area contributed by atoms with Gasteiger partial charge >= 0.3 is 0 Å². The Labute approximate surface area is 213 Å². The number of benzene rings is 2. The molecule has 182 valence electrons. The molecule has 3 aromatic rings. The van der Waals surface area contributed by atoms with E-state index in [1.54, 1.807) is 36.8 Å². The van der Waals surface area contributed by atoms with Crippen LogP contribution in [0, 0.1) is 0 Å². The third-order valence-corrected chi connectivity index (χ3v) is 8.65. The van der Waals surface area contributed by atoms with Gasteiger partial charge in [0.1, 0.15) is 11.9 Å². The number of hydrogen-bond donors (Lipinski definition) is 1. The molecule has 5 heteroatoms. The van der Waals surface area contributed by atoms with Crippen LogP contribution in [0.4, 0.5) is 0 Å². The van der Waals surface area contributed by atoms with E-state index in [-0.39, 0.29) is 4.58 Å². The second-order valence-corrected chi connectivity index (χ2v) is 12.1. The molecule has 0 spiro atoms. The lowest BCUT2D eigenvalue weighted by Crippen LogP contribution is -2.14. The van der Waals surface area contributed by atoms with Crippen molar-refractivity contribution < 1.29 is 9.84 Å². The molecule has 0 saturated heterocycles. The maximum Gasteiger partial charge on any atom is 0.118 e. The van der Waals surface area contributed by atoms with E-state index in [0.29, 0.717) is 17.8 Å². The van der Waals surface area contributed by atoms with Crippen LogP contribution in [0.15, 0.2) is 70.7 Å². The molecule has 0 amide bonds. The molecule has 0 bridgehead atoms. The number of hydrogen-bond acceptors (Lipinski definition) is 5. The summed E-state index contributed by atoms with van der Waals surface area (Å²) in [7, 11) is 1.66. The average Bonchev–Trinajstić information content (AvgIpc) is 2.83. The molecule has 0 fully saturated rings. The van der Waals surface area contributed by atoms with Crippen LogP contribution < -0.4 is 4.74 Å². The Morgan fingerprint density at radius 2 is 1.38 bits per heavy atom. The Bertz CT molecular complexity index is 1020. The van der Waals surface area contributed by atoms with Crippen molar-refractivity contribution in [1.29, 1.82) is 0 Å². The zero-order valence-electron chi connectivity index (χ0n) is 21.3. The molecule has 0 aliphatic carbocycles. The minimum atomic E-state index is -0.673. The fraction of sp³-hybridized carbons (Fsp3) is 0.414. The molecule has 3 rings (SSSR count). The molecule has 1 aromatic heterocycles. The van der Waals surface area contributed by atoms with E-state index in [1.165, 1.54) is 21.6 Å². The van der Waals surface area contributed by atoms with Gasteiger partial charge in [0.2, 0.25) is 0 Å². The van der Waals surface area contributed by atoms with E-state index in [9.17, 15) is 5.11 Å². The number of rotatable bonds is 10. The normalized spacial score (nSPS) is 13.5. The molecule has 1 N–H and O–H groups in total. The highest BCUT2D eigenvalue weighted by molar-refractivity contribution is 8.17. The van der Waals surface area contributed by atoms with Gasteiger partial charge in [-0.1, -0.05) is 83.6 Å². The standard InChI is InChI=1S/C29H37NO2S2/c1-18(2)22-16-24(19(3)4)28(25(17-22)20(5)6)34-29(33-26-10-8-9-15-30-26)27(31)21-11-13-23(32-7)14-12-21/h8-20,27,29,31H,1-7H3/t27-,29-/m1/s1. The molecule has 2 aromatic carbocycles. The highest BCUT2D eigenvalue weighted by Crippen LogP contribution is 2.47. The highest BCUT2D eigenvalue weighted by Gasteiger charge is 2.28. The van der Waals surface area contributed by atoms with Gasteiger partial charge in [0.25, 0.3) is 0 Å². The van der Waals surface area contributed by atoms with Gasteiger partial charge in [0.05, 0.1) is 16.7 Å². The number of pyridine rings is 1. The molecule has 3 nitrogen and oxygen atoms in total. The first-order valence-corrected chi connectivity index (χ1v) is 13.7. The van der Waals surface area contributed by atoms with Gasteiger partial charge in [-0.25, -0.2) is 4.98 Å². The predicted octanol–water partition coefficient (Wildman–Crippen LogP) is 8.40. The van der Waals surface area contributed by atoms with Gasteiger partial charge in [-0.15, -0.1) is 11.8 Å². The number of aromatic nitrogens is 1. The fourth-order valence-electron chi connectivity index (χ4n) is 3.79. The molecular formula is C29H37NO2S2. The van der Waals surface area contributed by atoms with Crippen molar-refractivity contribution in [3.05, 3.63) is 83.0 Å². The Hall–Kier alpha value is -1.95. The molecular weight excluding hydrogens is 458 g/mol. The molecule has 0 unspecified atom stereocenters. The second kappa shape index (κ2) is 12.1. The second-order valence-electron chi connectivity index (χ2n) is 9.48. The smallest absolute Gasteiger partial charge is 0.118 e. The molecule has 34 heavy (non-hydrogen) atoms. The molecule has 0 radical (unpaired) electrons. The first kappa shape index (κ1) is 26.7. The lowest BCUT2D eigenvalue weighted by atomic mass is 9.89. The van der Waals surface area contributed by atoms with E-state index < -0.39 is 6.10 Å². The Balaban J connectivity index is 2.07. The minimum absolute atomic E-state index is 0.164. The van der Waals surface area contributed by atoms with Crippen LogP contribution in [0.5, 0.6) is 5.75 Å². The average molecular weight is 496 g/mol. The van der Waals surface area contributed by atoms with Crippen LogP contribution in [-0.4, -0.2) is 21.8 Å². The van der Waals surface area contributed by atoms with Crippen molar-refractivity contribution in [1.82, 2.24) is 4.98 Å². The van der Waals surface area contributed by atoms with Crippen LogP contribution in [0.2, 0.25) is 0 Å². The summed E-state index contributed by atoms with van der Waals surface area (Å²) in [6.45, 7) is 13.5. The van der Waals surface area contributed by atoms with Crippen LogP contribution in [0.3, 0.4) is 0 Å². The van der Waals surface area contributed by atoms with Crippen molar-refractivity contribution in [2.45, 2.75) is 79.9 Å². The maximum atomic E-state index is 11.6. The van der Waals surface area contributed by atoms with Crippen molar-refractivity contribution in [3.8, 4) is 5.75 Å². The van der Waals surface area contributed by atoms with Crippen molar-refractivity contribution >= 4 is 23.5 Å². The molecule has 0 aliphatic rings. The zero-order chi connectivity index (χ0) is 24.8. The summed E-state index contributed by atoms with van der Waals surface area (Å²) in [5.41, 5.74) is 4.96. The summed E-state index contributed by atoms with van der Waals surface area (Å²) in [5, 5.41) is 12.5. The SMILES string of the molecule is COc1ccc([C@@H](O)[C@H](Sc2ccccn2)Sc2c(C(C)C)cc(C(C)C)cc2C(C)C)cc1. The van der Waals surface area contributed by atoms with Gasteiger partial charge < -0.3 is 9.84 Å². The monoisotopic (exact) mass is 495 g/mol. The van der Waals surface area contributed by atoms with E-state index in [1.807, 2.05) is 42.5 Å². The van der Waals surface area contributed by atoms with Crippen LogP contribution >= 0.6 is 23.5 Å².